The summed E-state index contributed by atoms with van der Waals surface area (Å²) in [7, 11) is 0. The summed E-state index contributed by atoms with van der Waals surface area (Å²) in [4.78, 5) is 34.2. The maximum atomic E-state index is 12.8. The van der Waals surface area contributed by atoms with Crippen LogP contribution in [-0.2, 0) is 5.41 Å². The lowest BCUT2D eigenvalue weighted by atomic mass is 9.86. The van der Waals surface area contributed by atoms with E-state index in [0.717, 1.165) is 16.6 Å². The number of rotatable bonds is 4. The predicted molar refractivity (Wildman–Crippen MR) is 132 cm³/mol. The zero-order chi connectivity index (χ0) is 23.6. The van der Waals surface area contributed by atoms with E-state index in [2.05, 4.69) is 41.4 Å². The van der Waals surface area contributed by atoms with Crippen LogP contribution in [0.25, 0.3) is 11.0 Å². The molecule has 4 aromatic rings. The maximum absolute atomic E-state index is 12.8. The van der Waals surface area contributed by atoms with Crippen molar-refractivity contribution in [3.05, 3.63) is 95.3 Å². The Labute approximate surface area is 193 Å². The number of aryl methyl sites for hydroxylation is 1. The van der Waals surface area contributed by atoms with E-state index in [9.17, 15) is 9.59 Å². The van der Waals surface area contributed by atoms with Gasteiger partial charge in [-0.2, -0.15) is 0 Å². The molecule has 1 aromatic heterocycles. The Bertz CT molecular complexity index is 1360. The van der Waals surface area contributed by atoms with Crippen molar-refractivity contribution >= 4 is 34.2 Å². The standard InChI is InChI=1S/C27H26N4O2/c1-17-8-10-21(30-25(32)18-6-5-7-20(14-18)27(2,3)4)16-23(17)31-26(33)19-9-11-22-24(15-19)29-13-12-28-22/h5-16H,1-4H3,(H,30,32)(H,31,33). The van der Waals surface area contributed by atoms with Crippen LogP contribution < -0.4 is 10.6 Å². The smallest absolute Gasteiger partial charge is 0.255 e. The summed E-state index contributed by atoms with van der Waals surface area (Å²) in [6.07, 6.45) is 3.21. The zero-order valence-electron chi connectivity index (χ0n) is 19.1. The molecule has 1 heterocycles. The monoisotopic (exact) mass is 438 g/mol. The number of nitrogens with one attached hydrogen (secondary N) is 2. The average molecular weight is 439 g/mol. The zero-order valence-corrected chi connectivity index (χ0v) is 19.1. The highest BCUT2D eigenvalue weighted by Gasteiger charge is 2.16. The summed E-state index contributed by atoms with van der Waals surface area (Å²) in [5.41, 5.74) is 5.61. The molecule has 6 heteroatoms. The van der Waals surface area contributed by atoms with E-state index in [1.54, 1.807) is 42.7 Å². The van der Waals surface area contributed by atoms with E-state index in [0.29, 0.717) is 28.0 Å². The quantitative estimate of drug-likeness (QED) is 0.425. The van der Waals surface area contributed by atoms with Crippen molar-refractivity contribution in [3.63, 3.8) is 0 Å². The van der Waals surface area contributed by atoms with Crippen LogP contribution in [0.3, 0.4) is 0 Å². The molecule has 0 unspecified atom stereocenters. The number of nitrogens with zero attached hydrogens (tertiary/aromatic N) is 2. The van der Waals surface area contributed by atoms with Gasteiger partial charge in [0.1, 0.15) is 0 Å². The van der Waals surface area contributed by atoms with Crippen LogP contribution in [0.5, 0.6) is 0 Å². The van der Waals surface area contributed by atoms with Crippen LogP contribution in [0.15, 0.2) is 73.1 Å². The first-order chi connectivity index (χ1) is 15.7. The summed E-state index contributed by atoms with van der Waals surface area (Å²) in [6.45, 7) is 8.24. The van der Waals surface area contributed by atoms with E-state index in [4.69, 9.17) is 0 Å². The predicted octanol–water partition coefficient (Wildman–Crippen LogP) is 5.74. The van der Waals surface area contributed by atoms with Gasteiger partial charge in [0.15, 0.2) is 0 Å². The van der Waals surface area contributed by atoms with E-state index >= 15 is 0 Å². The number of anilines is 2. The van der Waals surface area contributed by atoms with Crippen LogP contribution in [0, 0.1) is 6.92 Å². The van der Waals surface area contributed by atoms with Gasteiger partial charge in [-0.25, -0.2) is 0 Å². The Balaban J connectivity index is 1.53. The lowest BCUT2D eigenvalue weighted by Crippen LogP contribution is -2.16. The van der Waals surface area contributed by atoms with Crippen molar-refractivity contribution in [1.29, 1.82) is 0 Å². The largest absolute Gasteiger partial charge is 0.322 e. The van der Waals surface area contributed by atoms with Crippen molar-refractivity contribution in [2.45, 2.75) is 33.1 Å². The van der Waals surface area contributed by atoms with Gasteiger partial charge >= 0.3 is 0 Å². The number of aromatic nitrogens is 2. The molecule has 0 aliphatic rings. The van der Waals surface area contributed by atoms with Crippen molar-refractivity contribution in [2.75, 3.05) is 10.6 Å². The second kappa shape index (κ2) is 8.82. The molecule has 2 amide bonds. The molecule has 0 spiro atoms. The highest BCUT2D eigenvalue weighted by molar-refractivity contribution is 6.07. The molecule has 0 saturated carbocycles. The molecule has 0 radical (unpaired) electrons. The van der Waals surface area contributed by atoms with Crippen LogP contribution in [0.2, 0.25) is 0 Å². The number of hydrogen-bond acceptors (Lipinski definition) is 4. The van der Waals surface area contributed by atoms with Gasteiger partial charge in [-0.1, -0.05) is 39.0 Å². The molecule has 0 saturated heterocycles. The molecule has 2 N–H and O–H groups in total. The van der Waals surface area contributed by atoms with Crippen LogP contribution in [-0.4, -0.2) is 21.8 Å². The van der Waals surface area contributed by atoms with Gasteiger partial charge in [0.25, 0.3) is 11.8 Å². The van der Waals surface area contributed by atoms with Crippen LogP contribution in [0.1, 0.15) is 52.6 Å². The molecule has 4 rings (SSSR count). The molecule has 166 valence electrons. The van der Waals surface area contributed by atoms with Crippen LogP contribution in [0.4, 0.5) is 11.4 Å². The lowest BCUT2D eigenvalue weighted by Gasteiger charge is -2.19. The minimum absolute atomic E-state index is 0.0497. The molecular formula is C27H26N4O2. The molecule has 0 bridgehead atoms. The first kappa shape index (κ1) is 22.1. The molecule has 33 heavy (non-hydrogen) atoms. The molecule has 3 aromatic carbocycles. The van der Waals surface area contributed by atoms with Gasteiger partial charge in [0.05, 0.1) is 11.0 Å². The fraction of sp³-hybridized carbons (Fsp3) is 0.185. The van der Waals surface area contributed by atoms with Crippen LogP contribution >= 0.6 is 0 Å². The number of fused-ring (bicyclic) bond motifs is 1. The van der Waals surface area contributed by atoms with Crippen molar-refractivity contribution in [1.82, 2.24) is 9.97 Å². The normalized spacial score (nSPS) is 11.3. The van der Waals surface area contributed by atoms with Gasteiger partial charge in [0.2, 0.25) is 0 Å². The Morgan fingerprint density at radius 1 is 0.758 bits per heavy atom. The van der Waals surface area contributed by atoms with E-state index < -0.39 is 0 Å². The lowest BCUT2D eigenvalue weighted by molar-refractivity contribution is 0.101. The SMILES string of the molecule is Cc1ccc(NC(=O)c2cccc(C(C)(C)C)c2)cc1NC(=O)c1ccc2nccnc2c1. The van der Waals surface area contributed by atoms with Gasteiger partial charge < -0.3 is 10.6 Å². The number of carbonyl (C=O) groups excluding carboxylic acids is 2. The van der Waals surface area contributed by atoms with Gasteiger partial charge in [-0.3, -0.25) is 19.6 Å². The Hall–Kier alpha value is -4.06. The number of hydrogen-bond donors (Lipinski definition) is 2. The molecule has 6 nitrogen and oxygen atoms in total. The summed E-state index contributed by atoms with van der Waals surface area (Å²) in [5, 5.41) is 5.87. The first-order valence-electron chi connectivity index (χ1n) is 10.8. The van der Waals surface area contributed by atoms with Gasteiger partial charge in [0, 0.05) is 34.9 Å². The summed E-state index contributed by atoms with van der Waals surface area (Å²) in [6, 6.07) is 18.3. The second-order valence-electron chi connectivity index (χ2n) is 9.03. The highest BCUT2D eigenvalue weighted by atomic mass is 16.2. The minimum Gasteiger partial charge on any atom is -0.322 e. The van der Waals surface area contributed by atoms with Crippen molar-refractivity contribution < 1.29 is 9.59 Å². The third-order valence-corrected chi connectivity index (χ3v) is 5.47. The topological polar surface area (TPSA) is 84.0 Å². The first-order valence-corrected chi connectivity index (χ1v) is 10.8. The second-order valence-corrected chi connectivity index (χ2v) is 9.03. The molecular weight excluding hydrogens is 412 g/mol. The van der Waals surface area contributed by atoms with E-state index in [-0.39, 0.29) is 17.2 Å². The summed E-state index contributed by atoms with van der Waals surface area (Å²) < 4.78 is 0. The molecule has 0 aliphatic heterocycles. The minimum atomic E-state index is -0.257. The average Bonchev–Trinajstić information content (AvgIpc) is 2.80. The van der Waals surface area contributed by atoms with Crippen molar-refractivity contribution in [3.8, 4) is 0 Å². The molecule has 0 fully saturated rings. The Kier molecular flexibility index (Phi) is 5.92. The fourth-order valence-electron chi connectivity index (χ4n) is 3.46. The number of amides is 2. The van der Waals surface area contributed by atoms with E-state index in [1.165, 1.54) is 0 Å². The highest BCUT2D eigenvalue weighted by Crippen LogP contribution is 2.25. The number of carbonyl (C=O) groups is 2. The third-order valence-electron chi connectivity index (χ3n) is 5.47. The molecule has 0 aliphatic carbocycles. The fourth-order valence-corrected chi connectivity index (χ4v) is 3.46. The van der Waals surface area contributed by atoms with E-state index in [1.807, 2.05) is 37.3 Å². The Morgan fingerprint density at radius 3 is 2.21 bits per heavy atom. The third kappa shape index (κ3) is 5.06. The van der Waals surface area contributed by atoms with Gasteiger partial charge in [-0.15, -0.1) is 0 Å². The maximum Gasteiger partial charge on any atom is 0.255 e. The Morgan fingerprint density at radius 2 is 1.45 bits per heavy atom. The van der Waals surface area contributed by atoms with Gasteiger partial charge in [-0.05, 0) is 65.9 Å². The van der Waals surface area contributed by atoms with Crippen molar-refractivity contribution in [2.24, 2.45) is 0 Å². The number of benzene rings is 3. The molecule has 0 atom stereocenters. The summed E-state index contributed by atoms with van der Waals surface area (Å²) >= 11 is 0. The summed E-state index contributed by atoms with van der Waals surface area (Å²) in [5.74, 6) is -0.456.